The number of hydrogen-bond acceptors (Lipinski definition) is 3. The molecule has 0 radical (unpaired) electrons. The monoisotopic (exact) mass is 577 g/mol. The third kappa shape index (κ3) is 3.37. The lowest BCUT2D eigenvalue weighted by Crippen LogP contribution is -2.61. The number of aryl methyl sites for hydroxylation is 1. The van der Waals surface area contributed by atoms with Crippen molar-refractivity contribution in [2.75, 3.05) is 9.80 Å². The van der Waals surface area contributed by atoms with E-state index in [1.807, 2.05) is 36.4 Å². The van der Waals surface area contributed by atoms with Crippen molar-refractivity contribution < 1.29 is 8.53 Å². The summed E-state index contributed by atoms with van der Waals surface area (Å²) < 4.78 is 32.9. The predicted octanol–water partition coefficient (Wildman–Crippen LogP) is 9.13. The highest BCUT2D eigenvalue weighted by atomic mass is 16.3. The fourth-order valence-electron chi connectivity index (χ4n) is 7.69. The zero-order valence-corrected chi connectivity index (χ0v) is 24.2. The van der Waals surface area contributed by atoms with E-state index in [-0.39, 0.29) is 12.3 Å². The van der Waals surface area contributed by atoms with E-state index < -0.39 is 6.85 Å². The largest absolute Gasteiger partial charge is 0.456 e. The first-order valence-electron chi connectivity index (χ1n) is 16.8. The lowest BCUT2D eigenvalue weighted by atomic mass is 9.33. The van der Waals surface area contributed by atoms with Crippen LogP contribution in [0.3, 0.4) is 0 Å². The Kier molecular flexibility index (Phi) is 4.44. The van der Waals surface area contributed by atoms with Crippen LogP contribution < -0.4 is 26.2 Å². The molecule has 0 saturated heterocycles. The molecule has 0 spiro atoms. The Morgan fingerprint density at radius 3 is 1.96 bits per heavy atom. The molecule has 0 unspecified atom stereocenters. The number of fused-ring (bicyclic) bond motifs is 9. The van der Waals surface area contributed by atoms with Gasteiger partial charge >= 0.3 is 0 Å². The molecule has 0 N–H and O–H groups in total. The summed E-state index contributed by atoms with van der Waals surface area (Å²) in [6.07, 6.45) is 0. The van der Waals surface area contributed by atoms with Gasteiger partial charge in [0.2, 0.25) is 0 Å². The molecule has 3 heterocycles. The Hall–Kier alpha value is -5.74. The van der Waals surface area contributed by atoms with Gasteiger partial charge in [0.1, 0.15) is 11.2 Å². The van der Waals surface area contributed by atoms with Gasteiger partial charge in [-0.3, -0.25) is 0 Å². The fraction of sp³-hybridized carbons (Fsp3) is 0.0244. The van der Waals surface area contributed by atoms with Gasteiger partial charge in [-0.2, -0.15) is 0 Å². The van der Waals surface area contributed by atoms with E-state index in [4.69, 9.17) is 8.53 Å². The number of furan rings is 1. The van der Waals surface area contributed by atoms with Crippen LogP contribution in [-0.2, 0) is 0 Å². The second-order valence-electron chi connectivity index (χ2n) is 11.9. The van der Waals surface area contributed by atoms with Crippen molar-refractivity contribution in [2.45, 2.75) is 6.85 Å². The summed E-state index contributed by atoms with van der Waals surface area (Å²) in [4.78, 5) is 4.65. The van der Waals surface area contributed by atoms with Gasteiger partial charge in [0.25, 0.3) is 6.71 Å². The maximum absolute atomic E-state index is 8.77. The number of anilines is 6. The van der Waals surface area contributed by atoms with Crippen molar-refractivity contribution in [2.24, 2.45) is 0 Å². The Balaban J connectivity index is 1.40. The van der Waals surface area contributed by atoms with E-state index >= 15 is 0 Å². The van der Waals surface area contributed by atoms with E-state index in [2.05, 4.69) is 119 Å². The lowest BCUT2D eigenvalue weighted by molar-refractivity contribution is 0.666. The van der Waals surface area contributed by atoms with Crippen LogP contribution in [0.2, 0.25) is 0 Å². The summed E-state index contributed by atoms with van der Waals surface area (Å²) in [5.41, 5.74) is 10.8. The van der Waals surface area contributed by atoms with Crippen LogP contribution >= 0.6 is 0 Å². The van der Waals surface area contributed by atoms with Gasteiger partial charge in [0, 0.05) is 37.9 Å². The van der Waals surface area contributed by atoms with Crippen molar-refractivity contribution in [3.8, 4) is 0 Å². The van der Waals surface area contributed by atoms with Crippen molar-refractivity contribution in [1.29, 1.82) is 0 Å². The molecule has 210 valence electrons. The van der Waals surface area contributed by atoms with Crippen molar-refractivity contribution >= 4 is 89.9 Å². The fourth-order valence-corrected chi connectivity index (χ4v) is 7.69. The first kappa shape index (κ1) is 21.9. The molecule has 2 aliphatic heterocycles. The van der Waals surface area contributed by atoms with Gasteiger partial charge in [-0.15, -0.1) is 0 Å². The number of hydrogen-bond donors (Lipinski definition) is 0. The van der Waals surface area contributed by atoms with Gasteiger partial charge in [0.15, 0.2) is 0 Å². The van der Waals surface area contributed by atoms with E-state index in [0.717, 1.165) is 72.1 Å². The van der Waals surface area contributed by atoms with E-state index in [0.29, 0.717) is 11.2 Å². The Labute approximate surface area is 265 Å². The first-order valence-corrected chi connectivity index (χ1v) is 15.3. The molecule has 0 amide bonds. The highest BCUT2D eigenvalue weighted by molar-refractivity contribution is 7.00. The summed E-state index contributed by atoms with van der Waals surface area (Å²) >= 11 is 0. The summed E-state index contributed by atoms with van der Waals surface area (Å²) in [7, 11) is 0. The Morgan fingerprint density at radius 2 is 1.20 bits per heavy atom. The molecule has 1 aromatic heterocycles. The molecule has 0 fully saturated rings. The lowest BCUT2D eigenvalue weighted by Gasteiger charge is -2.44. The van der Waals surface area contributed by atoms with Gasteiger partial charge in [-0.25, -0.2) is 0 Å². The molecule has 8 aromatic rings. The highest BCUT2D eigenvalue weighted by Crippen LogP contribution is 2.48. The molecule has 4 heteroatoms. The van der Waals surface area contributed by atoms with Crippen LogP contribution in [0.4, 0.5) is 34.1 Å². The normalized spacial score (nSPS) is 14.6. The number of para-hydroxylation sites is 3. The highest BCUT2D eigenvalue weighted by Gasteiger charge is 2.44. The topological polar surface area (TPSA) is 19.6 Å². The molecule has 2 aliphatic rings. The van der Waals surface area contributed by atoms with Crippen LogP contribution in [0.25, 0.3) is 32.7 Å². The van der Waals surface area contributed by atoms with E-state index in [9.17, 15) is 0 Å². The minimum Gasteiger partial charge on any atom is -0.456 e. The standard InChI is InChI=1S/C41H27BN2O/c1-26-23-33-40(38-31-24-27-13-8-9-14-28(27)25-37(31)45-41(26)38)44(30-17-6-3-7-18-30)36-22-12-21-35-39(36)42(33)32-19-10-11-20-34(32)43(35)29-15-4-2-5-16-29/h2-25H,1H3/i1D3. The zero-order chi connectivity index (χ0) is 32.1. The van der Waals surface area contributed by atoms with Crippen LogP contribution in [0.15, 0.2) is 150 Å². The second-order valence-corrected chi connectivity index (χ2v) is 11.9. The zero-order valence-electron chi connectivity index (χ0n) is 27.2. The maximum atomic E-state index is 8.77. The third-order valence-electron chi connectivity index (χ3n) is 9.49. The molecule has 0 saturated carbocycles. The molecule has 10 rings (SSSR count). The molecular formula is C41H27BN2O. The summed E-state index contributed by atoms with van der Waals surface area (Å²) in [5.74, 6) is 0. The molecule has 0 bridgehead atoms. The molecule has 0 aliphatic carbocycles. The Morgan fingerprint density at radius 1 is 0.578 bits per heavy atom. The first-order chi connectivity index (χ1) is 23.5. The van der Waals surface area contributed by atoms with Crippen LogP contribution in [0, 0.1) is 6.85 Å². The van der Waals surface area contributed by atoms with Crippen LogP contribution in [0.1, 0.15) is 9.68 Å². The van der Waals surface area contributed by atoms with Crippen LogP contribution in [0.5, 0.6) is 0 Å². The number of benzene rings is 7. The van der Waals surface area contributed by atoms with E-state index in [1.54, 1.807) is 0 Å². The van der Waals surface area contributed by atoms with Crippen molar-refractivity contribution in [3.63, 3.8) is 0 Å². The minimum absolute atomic E-state index is 0.210. The molecule has 7 aromatic carbocycles. The molecular weight excluding hydrogens is 547 g/mol. The minimum atomic E-state index is -2.40. The summed E-state index contributed by atoms with van der Waals surface area (Å²) in [6.45, 7) is -2.61. The Bertz CT molecular complexity index is 2580. The summed E-state index contributed by atoms with van der Waals surface area (Å²) in [5, 5.41) is 3.85. The molecule has 0 atom stereocenters. The van der Waals surface area contributed by atoms with Crippen molar-refractivity contribution in [3.05, 3.63) is 151 Å². The molecule has 45 heavy (non-hydrogen) atoms. The van der Waals surface area contributed by atoms with Crippen LogP contribution in [-0.4, -0.2) is 6.71 Å². The molecule has 3 nitrogen and oxygen atoms in total. The quantitative estimate of drug-likeness (QED) is 0.191. The van der Waals surface area contributed by atoms with Gasteiger partial charge in [0.05, 0.1) is 11.1 Å². The predicted molar refractivity (Wildman–Crippen MR) is 190 cm³/mol. The van der Waals surface area contributed by atoms with Gasteiger partial charge < -0.3 is 14.2 Å². The van der Waals surface area contributed by atoms with Gasteiger partial charge in [-0.05, 0) is 94.2 Å². The third-order valence-corrected chi connectivity index (χ3v) is 9.49. The summed E-state index contributed by atoms with van der Waals surface area (Å²) in [6, 6.07) is 50.2. The van der Waals surface area contributed by atoms with Gasteiger partial charge in [-0.1, -0.05) is 91.0 Å². The number of rotatable bonds is 2. The van der Waals surface area contributed by atoms with Crippen molar-refractivity contribution in [1.82, 2.24) is 0 Å². The second kappa shape index (κ2) is 9.14. The van der Waals surface area contributed by atoms with E-state index in [1.165, 1.54) is 0 Å². The number of nitrogens with zero attached hydrogens (tertiary/aromatic N) is 2. The maximum Gasteiger partial charge on any atom is 0.252 e. The smallest absolute Gasteiger partial charge is 0.252 e. The average molecular weight is 578 g/mol. The SMILES string of the molecule is [2H]C([2H])([2H])c1cc2c(c3c1oc1cc4ccccc4cc13)N(c1ccccc1)c1cccc3c1B2c1ccccc1N3c1ccccc1. The average Bonchev–Trinajstić information content (AvgIpc) is 3.48.